The molecule has 0 aliphatic rings. The number of nitro groups is 1. The van der Waals surface area contributed by atoms with E-state index in [-0.39, 0.29) is 18.8 Å². The molecule has 0 bridgehead atoms. The molecule has 0 radical (unpaired) electrons. The van der Waals surface area contributed by atoms with Crippen molar-refractivity contribution in [1.29, 1.82) is 0 Å². The van der Waals surface area contributed by atoms with E-state index in [9.17, 15) is 19.7 Å². The third-order valence-corrected chi connectivity index (χ3v) is 6.74. The van der Waals surface area contributed by atoms with Crippen molar-refractivity contribution in [3.05, 3.63) is 67.3 Å². The lowest BCUT2D eigenvalue weighted by Gasteiger charge is -2.05. The van der Waals surface area contributed by atoms with Gasteiger partial charge in [-0.15, -0.1) is 11.3 Å². The van der Waals surface area contributed by atoms with Crippen molar-refractivity contribution in [3.8, 4) is 0 Å². The molecule has 4 rings (SSSR count). The summed E-state index contributed by atoms with van der Waals surface area (Å²) in [4.78, 5) is 40.4. The van der Waals surface area contributed by atoms with Gasteiger partial charge in [0.2, 0.25) is 0 Å². The fourth-order valence-electron chi connectivity index (χ4n) is 3.01. The Bertz CT molecular complexity index is 1420. The van der Waals surface area contributed by atoms with E-state index >= 15 is 0 Å². The van der Waals surface area contributed by atoms with Crippen molar-refractivity contribution in [2.75, 3.05) is 6.61 Å². The Balaban J connectivity index is 1.79. The SMILES string of the molecule is CCOC(=O)Cn1c(=NC(=O)c2cc3cc([N+](=O)[O-])ccc3s2)sc2cc(Cl)ccc21. The lowest BCUT2D eigenvalue weighted by molar-refractivity contribution is -0.384. The monoisotopic (exact) mass is 475 g/mol. The Morgan fingerprint density at radius 1 is 1.16 bits per heavy atom. The number of ether oxygens (including phenoxy) is 1. The summed E-state index contributed by atoms with van der Waals surface area (Å²) in [6.45, 7) is 1.86. The zero-order valence-corrected chi connectivity index (χ0v) is 18.4. The second-order valence-electron chi connectivity index (χ2n) is 6.39. The van der Waals surface area contributed by atoms with Crippen LogP contribution in [0.25, 0.3) is 20.3 Å². The van der Waals surface area contributed by atoms with E-state index in [1.165, 1.54) is 34.8 Å². The van der Waals surface area contributed by atoms with E-state index in [4.69, 9.17) is 16.3 Å². The fraction of sp³-hybridized carbons (Fsp3) is 0.150. The van der Waals surface area contributed by atoms with Crippen LogP contribution >= 0.6 is 34.3 Å². The smallest absolute Gasteiger partial charge is 0.326 e. The average molecular weight is 476 g/mol. The van der Waals surface area contributed by atoms with Gasteiger partial charge in [0.25, 0.3) is 11.6 Å². The van der Waals surface area contributed by atoms with Gasteiger partial charge in [0.05, 0.1) is 26.6 Å². The molecule has 0 unspecified atom stereocenters. The number of nitrogens with zero attached hydrogens (tertiary/aromatic N) is 3. The van der Waals surface area contributed by atoms with Crippen molar-refractivity contribution in [3.63, 3.8) is 0 Å². The highest BCUT2D eigenvalue weighted by Gasteiger charge is 2.16. The van der Waals surface area contributed by atoms with Crippen molar-refractivity contribution in [2.45, 2.75) is 13.5 Å². The Kier molecular flexibility index (Phi) is 5.86. The zero-order valence-electron chi connectivity index (χ0n) is 16.0. The van der Waals surface area contributed by atoms with E-state index in [1.54, 1.807) is 41.8 Å². The number of carbonyl (C=O) groups is 2. The molecule has 0 fully saturated rings. The first-order valence-corrected chi connectivity index (χ1v) is 11.1. The van der Waals surface area contributed by atoms with Gasteiger partial charge in [-0.25, -0.2) is 0 Å². The molecule has 31 heavy (non-hydrogen) atoms. The number of fused-ring (bicyclic) bond motifs is 2. The summed E-state index contributed by atoms with van der Waals surface area (Å²) in [5.41, 5.74) is 0.663. The average Bonchev–Trinajstić information content (AvgIpc) is 3.29. The van der Waals surface area contributed by atoms with Crippen molar-refractivity contribution in [2.24, 2.45) is 4.99 Å². The number of hydrogen-bond donors (Lipinski definition) is 0. The summed E-state index contributed by atoms with van der Waals surface area (Å²) >= 11 is 8.51. The number of amides is 1. The third kappa shape index (κ3) is 4.36. The van der Waals surface area contributed by atoms with Gasteiger partial charge in [0.15, 0.2) is 4.80 Å². The predicted octanol–water partition coefficient (Wildman–Crippen LogP) is 4.78. The lowest BCUT2D eigenvalue weighted by atomic mass is 10.2. The maximum atomic E-state index is 12.9. The Hall–Kier alpha value is -3.08. The molecule has 8 nitrogen and oxygen atoms in total. The van der Waals surface area contributed by atoms with Crippen LogP contribution in [0.2, 0.25) is 5.02 Å². The van der Waals surface area contributed by atoms with E-state index in [1.807, 2.05) is 0 Å². The van der Waals surface area contributed by atoms with Crippen LogP contribution in [0.4, 0.5) is 5.69 Å². The Morgan fingerprint density at radius 3 is 2.71 bits per heavy atom. The Morgan fingerprint density at radius 2 is 1.97 bits per heavy atom. The van der Waals surface area contributed by atoms with Crippen LogP contribution in [0.15, 0.2) is 47.5 Å². The lowest BCUT2D eigenvalue weighted by Crippen LogP contribution is -2.23. The molecule has 0 saturated heterocycles. The van der Waals surface area contributed by atoms with Crippen LogP contribution in [0.5, 0.6) is 0 Å². The van der Waals surface area contributed by atoms with Gasteiger partial charge in [0, 0.05) is 27.2 Å². The van der Waals surface area contributed by atoms with Gasteiger partial charge in [-0.1, -0.05) is 22.9 Å². The highest BCUT2D eigenvalue weighted by molar-refractivity contribution is 7.21. The fourth-order valence-corrected chi connectivity index (χ4v) is 5.24. The van der Waals surface area contributed by atoms with Crippen LogP contribution in [-0.4, -0.2) is 28.0 Å². The molecule has 1 amide bonds. The first-order valence-electron chi connectivity index (χ1n) is 9.07. The molecule has 2 aromatic heterocycles. The van der Waals surface area contributed by atoms with Crippen LogP contribution in [-0.2, 0) is 16.1 Å². The number of nitro benzene ring substituents is 1. The number of halogens is 1. The minimum absolute atomic E-state index is 0.0464. The summed E-state index contributed by atoms with van der Waals surface area (Å²) in [6.07, 6.45) is 0. The summed E-state index contributed by atoms with van der Waals surface area (Å²) < 4.78 is 8.17. The molecule has 158 valence electrons. The maximum Gasteiger partial charge on any atom is 0.326 e. The molecule has 4 aromatic rings. The van der Waals surface area contributed by atoms with Crippen molar-refractivity contribution >= 4 is 72.1 Å². The van der Waals surface area contributed by atoms with E-state index in [2.05, 4.69) is 4.99 Å². The predicted molar refractivity (Wildman–Crippen MR) is 120 cm³/mol. The van der Waals surface area contributed by atoms with Gasteiger partial charge in [-0.2, -0.15) is 4.99 Å². The number of aromatic nitrogens is 1. The molecule has 0 saturated carbocycles. The first-order chi connectivity index (χ1) is 14.9. The second kappa shape index (κ2) is 8.58. The van der Waals surface area contributed by atoms with Gasteiger partial charge in [0.1, 0.15) is 6.54 Å². The summed E-state index contributed by atoms with van der Waals surface area (Å²) in [7, 11) is 0. The molecular weight excluding hydrogens is 462 g/mol. The van der Waals surface area contributed by atoms with Crippen LogP contribution in [0, 0.1) is 10.1 Å². The van der Waals surface area contributed by atoms with Crippen molar-refractivity contribution < 1.29 is 19.2 Å². The summed E-state index contributed by atoms with van der Waals surface area (Å²) in [5.74, 6) is -0.945. The first kappa shape index (κ1) is 21.2. The van der Waals surface area contributed by atoms with E-state index in [0.29, 0.717) is 25.6 Å². The largest absolute Gasteiger partial charge is 0.465 e. The number of rotatable bonds is 5. The van der Waals surface area contributed by atoms with Crippen LogP contribution in [0.3, 0.4) is 0 Å². The van der Waals surface area contributed by atoms with Gasteiger partial charge in [-0.05, 0) is 37.3 Å². The molecule has 0 atom stereocenters. The van der Waals surface area contributed by atoms with Gasteiger partial charge >= 0.3 is 5.97 Å². The molecule has 0 spiro atoms. The third-order valence-electron chi connectivity index (χ3n) is 4.36. The topological polar surface area (TPSA) is 104 Å². The summed E-state index contributed by atoms with van der Waals surface area (Å²) in [6, 6.07) is 11.2. The number of esters is 1. The highest BCUT2D eigenvalue weighted by Crippen LogP contribution is 2.29. The zero-order chi connectivity index (χ0) is 22.1. The number of thiophene rings is 1. The number of thiazole rings is 1. The number of hydrogen-bond acceptors (Lipinski definition) is 7. The molecule has 2 aromatic carbocycles. The minimum atomic E-state index is -0.501. The highest BCUT2D eigenvalue weighted by atomic mass is 35.5. The number of benzene rings is 2. The number of carbonyl (C=O) groups excluding carboxylic acids is 2. The molecular formula is C20H14ClN3O5S2. The van der Waals surface area contributed by atoms with E-state index in [0.717, 1.165) is 9.40 Å². The Labute approximate surface area is 188 Å². The molecule has 11 heteroatoms. The molecule has 0 aliphatic heterocycles. The summed E-state index contributed by atoms with van der Waals surface area (Å²) in [5, 5.41) is 12.1. The normalized spacial score (nSPS) is 11.9. The van der Waals surface area contributed by atoms with Crippen LogP contribution in [0.1, 0.15) is 16.6 Å². The minimum Gasteiger partial charge on any atom is -0.465 e. The van der Waals surface area contributed by atoms with Crippen LogP contribution < -0.4 is 4.80 Å². The standard InChI is InChI=1S/C20H14ClN3O5S2/c1-2-29-18(25)10-23-14-5-3-12(21)9-16(14)31-20(23)22-19(26)17-8-11-7-13(24(27)28)4-6-15(11)30-17/h3-9H,2,10H2,1H3. The van der Waals surface area contributed by atoms with E-state index < -0.39 is 16.8 Å². The quantitative estimate of drug-likeness (QED) is 0.234. The van der Waals surface area contributed by atoms with Crippen molar-refractivity contribution in [1.82, 2.24) is 4.57 Å². The number of non-ortho nitro benzene ring substituents is 1. The van der Waals surface area contributed by atoms with Gasteiger partial charge < -0.3 is 9.30 Å². The molecule has 0 N–H and O–H groups in total. The maximum absolute atomic E-state index is 12.9. The van der Waals surface area contributed by atoms with Gasteiger partial charge in [-0.3, -0.25) is 19.7 Å². The molecule has 0 aliphatic carbocycles. The second-order valence-corrected chi connectivity index (χ2v) is 8.92. The molecule has 2 heterocycles.